The number of nitrogens with one attached hydrogen (secondary N) is 2. The highest BCUT2D eigenvalue weighted by atomic mass is 32.2. The fraction of sp³-hybridized carbons (Fsp3) is 0.0500. The Morgan fingerprint density at radius 2 is 1.30 bits per heavy atom. The highest BCUT2D eigenvalue weighted by Crippen LogP contribution is 2.22. The van der Waals surface area contributed by atoms with Gasteiger partial charge in [0.25, 0.3) is 0 Å². The molecule has 0 aliphatic rings. The molecule has 3 aromatic rings. The zero-order valence-electron chi connectivity index (χ0n) is 14.4. The Hall–Kier alpha value is -2.74. The summed E-state index contributed by atoms with van der Waals surface area (Å²) in [7, 11) is -3.72. The third kappa shape index (κ3) is 5.13. The first-order valence-electron chi connectivity index (χ1n) is 8.24. The van der Waals surface area contributed by atoms with Crippen LogP contribution in [0.3, 0.4) is 0 Å². The van der Waals surface area contributed by atoms with E-state index in [4.69, 9.17) is 17.4 Å². The molecule has 0 aliphatic heterocycles. The van der Waals surface area contributed by atoms with E-state index in [1.807, 2.05) is 60.7 Å². The fourth-order valence-corrected chi connectivity index (χ4v) is 3.43. The minimum atomic E-state index is -3.72. The number of rotatable bonds is 5. The van der Waals surface area contributed by atoms with E-state index in [0.29, 0.717) is 10.8 Å². The quantitative estimate of drug-likeness (QED) is 0.575. The summed E-state index contributed by atoms with van der Waals surface area (Å²) in [5.41, 5.74) is 2.83. The molecule has 0 spiro atoms. The molecule has 0 fully saturated rings. The molecule has 27 heavy (non-hydrogen) atoms. The summed E-state index contributed by atoms with van der Waals surface area (Å²) in [4.78, 5) is 0.0541. The first-order valence-corrected chi connectivity index (χ1v) is 10.2. The molecule has 3 aromatic carbocycles. The largest absolute Gasteiger partial charge is 0.352 e. The Kier molecular flexibility index (Phi) is 5.85. The van der Waals surface area contributed by atoms with Crippen molar-refractivity contribution in [1.82, 2.24) is 5.32 Å². The van der Waals surface area contributed by atoms with Crippen molar-refractivity contribution >= 4 is 33.0 Å². The van der Waals surface area contributed by atoms with Gasteiger partial charge in [0.15, 0.2) is 5.11 Å². The lowest BCUT2D eigenvalue weighted by Crippen LogP contribution is -2.33. The summed E-state index contributed by atoms with van der Waals surface area (Å²) in [6, 6.07) is 26.0. The SMILES string of the molecule is NS(=O)(=O)c1ccc(NC(=S)NC(c2ccccc2)c2ccccc2)cc1. The van der Waals surface area contributed by atoms with Crippen LogP contribution in [0.4, 0.5) is 5.69 Å². The van der Waals surface area contributed by atoms with Crippen LogP contribution >= 0.6 is 12.2 Å². The van der Waals surface area contributed by atoms with Gasteiger partial charge in [0.1, 0.15) is 0 Å². The molecular formula is C20H19N3O2S2. The van der Waals surface area contributed by atoms with Gasteiger partial charge in [0, 0.05) is 5.69 Å². The van der Waals surface area contributed by atoms with Crippen LogP contribution in [0, 0.1) is 0 Å². The fourth-order valence-electron chi connectivity index (χ4n) is 2.68. The molecule has 0 saturated heterocycles. The molecule has 0 amide bonds. The third-order valence-electron chi connectivity index (χ3n) is 3.98. The van der Waals surface area contributed by atoms with Crippen molar-refractivity contribution in [2.45, 2.75) is 10.9 Å². The van der Waals surface area contributed by atoms with Crippen LogP contribution in [0.1, 0.15) is 17.2 Å². The van der Waals surface area contributed by atoms with Gasteiger partial charge < -0.3 is 10.6 Å². The lowest BCUT2D eigenvalue weighted by Gasteiger charge is -2.22. The number of primary sulfonamides is 1. The van der Waals surface area contributed by atoms with E-state index in [2.05, 4.69) is 10.6 Å². The van der Waals surface area contributed by atoms with Crippen LogP contribution in [-0.4, -0.2) is 13.5 Å². The maximum Gasteiger partial charge on any atom is 0.238 e. The van der Waals surface area contributed by atoms with Gasteiger partial charge in [-0.2, -0.15) is 0 Å². The molecule has 0 radical (unpaired) electrons. The van der Waals surface area contributed by atoms with Gasteiger partial charge in [0.2, 0.25) is 10.0 Å². The number of sulfonamides is 1. The van der Waals surface area contributed by atoms with Crippen molar-refractivity contribution < 1.29 is 8.42 Å². The van der Waals surface area contributed by atoms with E-state index in [1.54, 1.807) is 12.1 Å². The van der Waals surface area contributed by atoms with Crippen LogP contribution < -0.4 is 15.8 Å². The second-order valence-electron chi connectivity index (χ2n) is 5.92. The number of thiocarbonyl (C=S) groups is 1. The molecule has 5 nitrogen and oxygen atoms in total. The van der Waals surface area contributed by atoms with Crippen molar-refractivity contribution in [2.24, 2.45) is 5.14 Å². The summed E-state index contributed by atoms with van der Waals surface area (Å²) in [5.74, 6) is 0. The smallest absolute Gasteiger partial charge is 0.238 e. The number of hydrogen-bond donors (Lipinski definition) is 3. The van der Waals surface area contributed by atoms with E-state index in [1.165, 1.54) is 12.1 Å². The lowest BCUT2D eigenvalue weighted by atomic mass is 9.99. The molecule has 4 N–H and O–H groups in total. The zero-order valence-corrected chi connectivity index (χ0v) is 16.0. The van der Waals surface area contributed by atoms with Crippen LogP contribution in [-0.2, 0) is 10.0 Å². The minimum absolute atomic E-state index is 0.0541. The number of benzene rings is 3. The minimum Gasteiger partial charge on any atom is -0.352 e. The van der Waals surface area contributed by atoms with Crippen molar-refractivity contribution in [2.75, 3.05) is 5.32 Å². The number of hydrogen-bond acceptors (Lipinski definition) is 3. The lowest BCUT2D eigenvalue weighted by molar-refractivity contribution is 0.598. The molecule has 0 saturated carbocycles. The highest BCUT2D eigenvalue weighted by molar-refractivity contribution is 7.89. The molecular weight excluding hydrogens is 378 g/mol. The molecule has 0 aliphatic carbocycles. The summed E-state index contributed by atoms with van der Waals surface area (Å²) in [5, 5.41) is 11.9. The van der Waals surface area contributed by atoms with Gasteiger partial charge in [-0.3, -0.25) is 0 Å². The highest BCUT2D eigenvalue weighted by Gasteiger charge is 2.15. The second-order valence-corrected chi connectivity index (χ2v) is 7.89. The molecule has 3 rings (SSSR count). The molecule has 0 heterocycles. The number of anilines is 1. The Bertz CT molecular complexity index is 967. The van der Waals surface area contributed by atoms with Gasteiger partial charge in [-0.05, 0) is 47.6 Å². The maximum atomic E-state index is 11.3. The Morgan fingerprint density at radius 1 is 0.815 bits per heavy atom. The van der Waals surface area contributed by atoms with Gasteiger partial charge in [-0.25, -0.2) is 13.6 Å². The number of nitrogens with two attached hydrogens (primary N) is 1. The summed E-state index contributed by atoms with van der Waals surface area (Å²) >= 11 is 5.45. The van der Waals surface area contributed by atoms with Crippen molar-refractivity contribution in [3.05, 3.63) is 96.1 Å². The average Bonchev–Trinajstić information content (AvgIpc) is 2.67. The molecule has 0 atom stereocenters. The van der Waals surface area contributed by atoms with E-state index in [0.717, 1.165) is 11.1 Å². The summed E-state index contributed by atoms with van der Waals surface area (Å²) in [6.45, 7) is 0. The molecule has 0 aromatic heterocycles. The second kappa shape index (κ2) is 8.30. The van der Waals surface area contributed by atoms with Crippen molar-refractivity contribution in [1.29, 1.82) is 0 Å². The zero-order chi connectivity index (χ0) is 19.3. The predicted octanol–water partition coefficient (Wildman–Crippen LogP) is 3.41. The maximum absolute atomic E-state index is 11.3. The first-order chi connectivity index (χ1) is 12.9. The van der Waals surface area contributed by atoms with Gasteiger partial charge in [-0.15, -0.1) is 0 Å². The van der Waals surface area contributed by atoms with Crippen LogP contribution in [0.5, 0.6) is 0 Å². The first kappa shape index (κ1) is 19.0. The third-order valence-corrected chi connectivity index (χ3v) is 5.13. The van der Waals surface area contributed by atoms with Crippen molar-refractivity contribution in [3.8, 4) is 0 Å². The van der Waals surface area contributed by atoms with E-state index < -0.39 is 10.0 Å². The van der Waals surface area contributed by atoms with E-state index in [9.17, 15) is 8.42 Å². The monoisotopic (exact) mass is 397 g/mol. The van der Waals surface area contributed by atoms with E-state index in [-0.39, 0.29) is 10.9 Å². The van der Waals surface area contributed by atoms with Crippen LogP contribution in [0.2, 0.25) is 0 Å². The van der Waals surface area contributed by atoms with Gasteiger partial charge in [0.05, 0.1) is 10.9 Å². The van der Waals surface area contributed by atoms with Crippen LogP contribution in [0.25, 0.3) is 0 Å². The summed E-state index contributed by atoms with van der Waals surface area (Å²) in [6.07, 6.45) is 0. The molecule has 0 bridgehead atoms. The summed E-state index contributed by atoms with van der Waals surface area (Å²) < 4.78 is 22.7. The molecule has 0 unspecified atom stereocenters. The Labute approximate surface area is 164 Å². The Balaban J connectivity index is 1.77. The topological polar surface area (TPSA) is 84.2 Å². The normalized spacial score (nSPS) is 11.2. The van der Waals surface area contributed by atoms with E-state index >= 15 is 0 Å². The standard InChI is InChI=1S/C20H19N3O2S2/c21-27(24,25)18-13-11-17(12-14-18)22-20(26)23-19(15-7-3-1-4-8-15)16-9-5-2-6-10-16/h1-14,19H,(H2,21,24,25)(H2,22,23,26). The van der Waals surface area contributed by atoms with Gasteiger partial charge >= 0.3 is 0 Å². The predicted molar refractivity (Wildman–Crippen MR) is 112 cm³/mol. The van der Waals surface area contributed by atoms with Crippen LogP contribution in [0.15, 0.2) is 89.8 Å². The molecule has 7 heteroatoms. The average molecular weight is 398 g/mol. The van der Waals surface area contributed by atoms with Gasteiger partial charge in [-0.1, -0.05) is 60.7 Å². The van der Waals surface area contributed by atoms with Crippen molar-refractivity contribution in [3.63, 3.8) is 0 Å². The molecule has 138 valence electrons. The Morgan fingerprint density at radius 3 is 1.74 bits per heavy atom.